The number of carboxylic acid groups (broad SMARTS) is 1. The number of quaternary nitrogens is 1. The van der Waals surface area contributed by atoms with E-state index in [4.69, 9.17) is 9.47 Å². The number of aliphatic hydroxyl groups excluding tert-OH is 1. The van der Waals surface area contributed by atoms with Crippen LogP contribution in [-0.4, -0.2) is 240 Å². The van der Waals surface area contributed by atoms with Gasteiger partial charge in [0.25, 0.3) is 0 Å². The van der Waals surface area contributed by atoms with Gasteiger partial charge in [-0.1, -0.05) is 119 Å². The molecule has 0 unspecified atom stereocenters. The van der Waals surface area contributed by atoms with Gasteiger partial charge in [-0.15, -0.1) is 0 Å². The van der Waals surface area contributed by atoms with Gasteiger partial charge in [-0.05, 0) is 155 Å². The van der Waals surface area contributed by atoms with Gasteiger partial charge in [0.1, 0.15) is 66.0 Å². The van der Waals surface area contributed by atoms with Crippen molar-refractivity contribution >= 4 is 87.8 Å². The first kappa shape index (κ1) is 97.0. The van der Waals surface area contributed by atoms with Crippen LogP contribution in [0.3, 0.4) is 0 Å². The summed E-state index contributed by atoms with van der Waals surface area (Å²) in [6.07, 6.45) is 11.4. The average Bonchev–Trinajstić information content (AvgIpc) is 1.62. The molecular formula is C92H129FN14O17. The molecule has 0 spiro atoms. The Balaban J connectivity index is 0.00000134. The summed E-state index contributed by atoms with van der Waals surface area (Å²) in [7, 11) is 7.69. The maximum Gasteiger partial charge on any atom is 0.246 e. The molecule has 12 bridgehead atoms. The summed E-state index contributed by atoms with van der Waals surface area (Å²) >= 11 is 0. The summed E-state index contributed by atoms with van der Waals surface area (Å²) in [5.41, 5.74) is 2.77. The van der Waals surface area contributed by atoms with E-state index in [1.54, 1.807) is 72.6 Å². The van der Waals surface area contributed by atoms with Crippen LogP contribution in [-0.2, 0) is 112 Å². The summed E-state index contributed by atoms with van der Waals surface area (Å²) < 4.78 is 30.2. The van der Waals surface area contributed by atoms with Gasteiger partial charge in [0, 0.05) is 114 Å². The van der Waals surface area contributed by atoms with Crippen LogP contribution >= 0.6 is 0 Å². The van der Waals surface area contributed by atoms with Crippen LogP contribution in [0.2, 0.25) is 0 Å². The van der Waals surface area contributed by atoms with Crippen LogP contribution in [0.1, 0.15) is 196 Å². The number of nitrogens with zero attached hydrogens (tertiary/aromatic N) is 5. The first-order chi connectivity index (χ1) is 59.3. The number of unbranched alkanes of at least 4 members (excludes halogenated alkanes) is 8. The molecule has 0 aliphatic carbocycles. The van der Waals surface area contributed by atoms with E-state index in [1.807, 2.05) is 28.8 Å². The number of benzene rings is 4. The summed E-state index contributed by atoms with van der Waals surface area (Å²) in [6.45, 7) is 7.08. The van der Waals surface area contributed by atoms with Crippen LogP contribution in [0.15, 0.2) is 97.2 Å². The Morgan fingerprint density at radius 1 is 0.661 bits per heavy atom. The fourth-order valence-electron chi connectivity index (χ4n) is 16.6. The molecular weight excluding hydrogens is 1590 g/mol. The molecule has 4 aromatic carbocycles. The highest BCUT2D eigenvalue weighted by molar-refractivity contribution is 6.00. The monoisotopic (exact) mass is 1720 g/mol. The standard InChI is InChI=1S/C82H109FN14O15.C10H20O2/c1-51-74(103)91-65(47-86-68(99)19-11-10-14-40-97(4,5)6)76(105)88-62-43-56-17-15-18-57(41-56)46-85-70(101)50-112-67-33-39-95-73(67)78(107)92-72(52(2)98)77(106)90-63(42-54-24-27-60(111-7)28-25-54)80(109)96-38-16-34-82(96,3)81(110)84-35-32-53-20-22-55(23-21-53)48-94(71(102)31-30-69(100)87-51)37-13-9-8-12-36-93-49-58(44-64(79(95)108)89-75(62)104)61-45-59(83)26-29-66(61)93;1-2-3-4-5-6-7-8-9-10(11)12/h15,17-18,20-29,41,45,49,51-52,62-65,67,72-73,98H,8-14,16,19,30-40,42-44,46-48,50H2,1-7H3,(H8-,84,85,86,87,88,89,90,91,92,99,100,101,103,104,105,106,107,110);2-9H2,1H3,(H,11,12)/t51-,52+,62-,63-,64-,65+,67-,72-,73-,82-;/m0./s1. The van der Waals surface area contributed by atoms with Gasteiger partial charge in [0.05, 0.1) is 47.0 Å². The summed E-state index contributed by atoms with van der Waals surface area (Å²) in [5.74, 6) is -9.90. The lowest BCUT2D eigenvalue weighted by Crippen LogP contribution is -2.64. The Bertz CT molecular complexity index is 4500. The number of halogens is 1. The van der Waals surface area contributed by atoms with Crippen molar-refractivity contribution in [3.63, 3.8) is 0 Å². The number of amides is 12. The van der Waals surface area contributed by atoms with Crippen molar-refractivity contribution in [2.24, 2.45) is 0 Å². The number of carboxylic acids is 1. The van der Waals surface area contributed by atoms with Crippen molar-refractivity contribution in [3.8, 4) is 5.75 Å². The fraction of sp³-hybridized carbons (Fsp3) is 0.576. The van der Waals surface area contributed by atoms with Gasteiger partial charge in [-0.25, -0.2) is 4.39 Å². The number of hydrogen-bond donors (Lipinski definition) is 10. The van der Waals surface area contributed by atoms with Gasteiger partial charge in [-0.3, -0.25) is 57.5 Å². The third-order valence-corrected chi connectivity index (χ3v) is 23.7. The number of nitrogens with one attached hydrogen (secondary N) is 9. The highest BCUT2D eigenvalue weighted by atomic mass is 19.1. The van der Waals surface area contributed by atoms with Gasteiger partial charge < -0.3 is 96.1 Å². The van der Waals surface area contributed by atoms with E-state index >= 15 is 33.2 Å². The number of ether oxygens (including phenoxy) is 2. The molecule has 2 fully saturated rings. The Hall–Kier alpha value is -10.9. The van der Waals surface area contributed by atoms with E-state index in [0.717, 1.165) is 52.7 Å². The number of fused-ring (bicyclic) bond motifs is 16. The van der Waals surface area contributed by atoms with Crippen molar-refractivity contribution in [1.29, 1.82) is 0 Å². The number of aliphatic hydroxyl groups is 1. The summed E-state index contributed by atoms with van der Waals surface area (Å²) in [6, 6.07) is 14.1. The van der Waals surface area contributed by atoms with Crippen LogP contribution < -0.4 is 57.7 Å². The molecule has 12 amide bonds. The van der Waals surface area contributed by atoms with Crippen LogP contribution in [0.4, 0.5) is 4.39 Å². The Morgan fingerprint density at radius 3 is 2.06 bits per heavy atom. The summed E-state index contributed by atoms with van der Waals surface area (Å²) in [4.78, 5) is 193. The Labute approximate surface area is 726 Å². The molecule has 11 rings (SSSR count). The number of methoxy groups -OCH3 is 1. The van der Waals surface area contributed by atoms with Crippen LogP contribution in [0.5, 0.6) is 5.75 Å². The molecule has 676 valence electrons. The smallest absolute Gasteiger partial charge is 0.246 e. The van der Waals surface area contributed by atoms with E-state index < -0.39 is 150 Å². The van der Waals surface area contributed by atoms with E-state index in [9.17, 15) is 43.8 Å². The zero-order valence-electron chi connectivity index (χ0n) is 73.3. The fourth-order valence-corrected chi connectivity index (χ4v) is 16.6. The predicted octanol–water partition coefficient (Wildman–Crippen LogP) is 4.44. The molecule has 2 saturated heterocycles. The van der Waals surface area contributed by atoms with Gasteiger partial charge in [0.15, 0.2) is 0 Å². The molecule has 5 aromatic rings. The van der Waals surface area contributed by atoms with Crippen molar-refractivity contribution in [2.45, 2.75) is 268 Å². The minimum Gasteiger partial charge on any atom is -0.550 e. The summed E-state index contributed by atoms with van der Waals surface area (Å²) in [5, 5.41) is 47.2. The van der Waals surface area contributed by atoms with Crippen molar-refractivity contribution in [1.82, 2.24) is 67.1 Å². The molecule has 7 heterocycles. The molecule has 0 radical (unpaired) electrons. The highest BCUT2D eigenvalue weighted by Gasteiger charge is 2.50. The molecule has 32 heteroatoms. The van der Waals surface area contributed by atoms with E-state index in [0.29, 0.717) is 96.9 Å². The Morgan fingerprint density at radius 2 is 1.35 bits per heavy atom. The molecule has 10 N–H and O–H groups in total. The lowest BCUT2D eigenvalue weighted by atomic mass is 9.95. The minimum atomic E-state index is -1.85. The third-order valence-electron chi connectivity index (χ3n) is 23.7. The van der Waals surface area contributed by atoms with Crippen molar-refractivity contribution < 1.29 is 90.9 Å². The first-order valence-corrected chi connectivity index (χ1v) is 44.2. The SMILES string of the molecule is CCCCCCCCCC(=O)[O-].COc1ccc(C[C@@H]2NC(=O)[C@H]([C@@H](C)O)NC(=O)[C@@H]3[C@@H]4CCN3C(=O)[C@@H]3Cc5cn(c6ccc(F)cc56)CCCCCCN(Cc5ccc(cc5)CCNC(=O)[C@]5(C)CCCN5C2=O)C(=O)CCC(=O)N[C@@H](C)C(=O)N[C@H](CNC(=O)CCCCC[N+](C)(C)C)C(=O)N[C@@H](Cc2cccc(c2)CNC(=O)CO4)C(=O)N3)cc1. The first-order valence-electron chi connectivity index (χ1n) is 44.2. The van der Waals surface area contributed by atoms with Gasteiger partial charge >= 0.3 is 0 Å². The van der Waals surface area contributed by atoms with Gasteiger partial charge in [0.2, 0.25) is 70.9 Å². The molecule has 1 aromatic heterocycles. The van der Waals surface area contributed by atoms with Crippen molar-refractivity contribution in [3.05, 3.63) is 136 Å². The second-order valence-corrected chi connectivity index (χ2v) is 34.7. The van der Waals surface area contributed by atoms with Gasteiger partial charge in [-0.2, -0.15) is 0 Å². The van der Waals surface area contributed by atoms with E-state index in [2.05, 4.69) is 75.9 Å². The number of hydrogen-bond acceptors (Lipinski definition) is 17. The Kier molecular flexibility index (Phi) is 37.0. The molecule has 0 saturated carbocycles. The lowest BCUT2D eigenvalue weighted by Gasteiger charge is -2.37. The lowest BCUT2D eigenvalue weighted by molar-refractivity contribution is -0.870. The molecule has 124 heavy (non-hydrogen) atoms. The van der Waals surface area contributed by atoms with Crippen LogP contribution in [0, 0.1) is 5.82 Å². The minimum absolute atomic E-state index is 0.0754. The molecule has 6 aliphatic heterocycles. The normalized spacial score (nSPS) is 23.5. The second-order valence-electron chi connectivity index (χ2n) is 34.7. The molecule has 31 nitrogen and oxygen atoms in total. The zero-order chi connectivity index (χ0) is 89.6. The van der Waals surface area contributed by atoms with Crippen molar-refractivity contribution in [2.75, 3.05) is 74.1 Å². The largest absolute Gasteiger partial charge is 0.550 e. The number of carbonyl (C=O) groups is 13. The highest BCUT2D eigenvalue weighted by Crippen LogP contribution is 2.33. The van der Waals surface area contributed by atoms with Crippen LogP contribution in [0.25, 0.3) is 10.9 Å². The predicted molar refractivity (Wildman–Crippen MR) is 461 cm³/mol. The molecule has 6 aliphatic rings. The quantitative estimate of drug-likeness (QED) is 0.0380. The number of rotatable bonds is 20. The average molecular weight is 1720 g/mol. The number of carbonyl (C=O) groups excluding carboxylic acids is 13. The number of aliphatic carboxylic acids is 1. The van der Waals surface area contributed by atoms with E-state index in [-0.39, 0.29) is 96.4 Å². The number of aromatic nitrogens is 1. The topological polar surface area (TPSA) is 407 Å². The number of aryl methyl sites for hydroxylation is 1. The maximum absolute atomic E-state index is 16.2. The third kappa shape index (κ3) is 29.1. The maximum atomic E-state index is 16.2. The zero-order valence-corrected chi connectivity index (χ0v) is 73.3. The van der Waals surface area contributed by atoms with E-state index in [1.165, 1.54) is 70.1 Å². The second kappa shape index (κ2) is 47.3. The molecule has 10 atom stereocenters.